The van der Waals surface area contributed by atoms with E-state index in [4.69, 9.17) is 15.2 Å². The summed E-state index contributed by atoms with van der Waals surface area (Å²) in [5, 5.41) is 9.21. The first-order valence-corrected chi connectivity index (χ1v) is 8.16. The normalized spacial score (nSPS) is 17.2. The second kappa shape index (κ2) is 7.56. The minimum atomic E-state index is -0.928. The SMILES string of the molecule is COc1ccc(C(CN)C(=O)O)cc1OC1CCSCC1. The van der Waals surface area contributed by atoms with Crippen molar-refractivity contribution in [3.63, 3.8) is 0 Å². The van der Waals surface area contributed by atoms with Crippen LogP contribution in [0.1, 0.15) is 24.3 Å². The van der Waals surface area contributed by atoms with E-state index in [0.29, 0.717) is 17.1 Å². The van der Waals surface area contributed by atoms with E-state index >= 15 is 0 Å². The molecule has 116 valence electrons. The summed E-state index contributed by atoms with van der Waals surface area (Å²) in [6.07, 6.45) is 2.16. The van der Waals surface area contributed by atoms with Gasteiger partial charge in [0.1, 0.15) is 6.10 Å². The van der Waals surface area contributed by atoms with Crippen LogP contribution in [0.2, 0.25) is 0 Å². The van der Waals surface area contributed by atoms with Gasteiger partial charge in [0.2, 0.25) is 0 Å². The maximum Gasteiger partial charge on any atom is 0.312 e. The molecule has 0 aliphatic carbocycles. The lowest BCUT2D eigenvalue weighted by Crippen LogP contribution is -2.23. The molecular weight excluding hydrogens is 290 g/mol. The number of methoxy groups -OCH3 is 1. The van der Waals surface area contributed by atoms with Crippen LogP contribution in [-0.4, -0.2) is 42.3 Å². The average molecular weight is 311 g/mol. The topological polar surface area (TPSA) is 81.8 Å². The molecule has 6 heteroatoms. The molecule has 1 unspecified atom stereocenters. The lowest BCUT2D eigenvalue weighted by Gasteiger charge is -2.24. The smallest absolute Gasteiger partial charge is 0.312 e. The molecule has 0 aromatic heterocycles. The van der Waals surface area contributed by atoms with Crippen molar-refractivity contribution >= 4 is 17.7 Å². The van der Waals surface area contributed by atoms with Crippen LogP contribution in [0.5, 0.6) is 11.5 Å². The molecule has 1 fully saturated rings. The number of carboxylic acid groups (broad SMARTS) is 1. The molecule has 0 amide bonds. The average Bonchev–Trinajstić information content (AvgIpc) is 2.49. The van der Waals surface area contributed by atoms with E-state index in [-0.39, 0.29) is 12.6 Å². The fourth-order valence-electron chi connectivity index (χ4n) is 2.35. The molecular formula is C15H21NO4S. The summed E-state index contributed by atoms with van der Waals surface area (Å²) >= 11 is 1.93. The second-order valence-electron chi connectivity index (χ2n) is 4.97. The van der Waals surface area contributed by atoms with E-state index in [2.05, 4.69) is 0 Å². The fraction of sp³-hybridized carbons (Fsp3) is 0.533. The molecule has 1 aromatic carbocycles. The summed E-state index contributed by atoms with van der Waals surface area (Å²) in [6, 6.07) is 5.22. The molecule has 1 heterocycles. The Bertz CT molecular complexity index is 489. The zero-order chi connectivity index (χ0) is 15.2. The fourth-order valence-corrected chi connectivity index (χ4v) is 3.42. The number of benzene rings is 1. The number of carbonyl (C=O) groups is 1. The van der Waals surface area contributed by atoms with Crippen LogP contribution in [0.15, 0.2) is 18.2 Å². The second-order valence-corrected chi connectivity index (χ2v) is 6.19. The van der Waals surface area contributed by atoms with Crippen molar-refractivity contribution in [2.75, 3.05) is 25.2 Å². The molecule has 0 saturated carbocycles. The first-order chi connectivity index (χ1) is 10.2. The van der Waals surface area contributed by atoms with Gasteiger partial charge in [-0.2, -0.15) is 11.8 Å². The largest absolute Gasteiger partial charge is 0.493 e. The lowest BCUT2D eigenvalue weighted by atomic mass is 9.99. The number of rotatable bonds is 6. The Morgan fingerprint density at radius 2 is 2.14 bits per heavy atom. The van der Waals surface area contributed by atoms with Crippen LogP contribution in [0, 0.1) is 0 Å². The highest BCUT2D eigenvalue weighted by Gasteiger charge is 2.22. The van der Waals surface area contributed by atoms with Crippen LogP contribution in [-0.2, 0) is 4.79 Å². The zero-order valence-corrected chi connectivity index (χ0v) is 12.9. The maximum atomic E-state index is 11.2. The first kappa shape index (κ1) is 16.0. The number of ether oxygens (including phenoxy) is 2. The molecule has 1 aliphatic rings. The van der Waals surface area contributed by atoms with Crippen molar-refractivity contribution < 1.29 is 19.4 Å². The molecule has 1 aromatic rings. The van der Waals surface area contributed by atoms with Crippen molar-refractivity contribution in [2.45, 2.75) is 24.9 Å². The van der Waals surface area contributed by atoms with Gasteiger partial charge in [0, 0.05) is 6.54 Å². The molecule has 0 spiro atoms. The van der Waals surface area contributed by atoms with Crippen LogP contribution in [0.25, 0.3) is 0 Å². The number of aliphatic carboxylic acids is 1. The highest BCUT2D eigenvalue weighted by molar-refractivity contribution is 7.99. The van der Waals surface area contributed by atoms with Gasteiger partial charge in [-0.1, -0.05) is 6.07 Å². The van der Waals surface area contributed by atoms with E-state index in [1.807, 2.05) is 11.8 Å². The number of hydrogen-bond acceptors (Lipinski definition) is 5. The zero-order valence-electron chi connectivity index (χ0n) is 12.1. The van der Waals surface area contributed by atoms with Gasteiger partial charge >= 0.3 is 5.97 Å². The number of hydrogen-bond donors (Lipinski definition) is 2. The van der Waals surface area contributed by atoms with Crippen molar-refractivity contribution in [1.29, 1.82) is 0 Å². The maximum absolute atomic E-state index is 11.2. The van der Waals surface area contributed by atoms with Crippen molar-refractivity contribution in [1.82, 2.24) is 0 Å². The Balaban J connectivity index is 2.22. The molecule has 0 bridgehead atoms. The minimum Gasteiger partial charge on any atom is -0.493 e. The summed E-state index contributed by atoms with van der Waals surface area (Å²) in [5.41, 5.74) is 6.20. The molecule has 2 rings (SSSR count). The van der Waals surface area contributed by atoms with Gasteiger partial charge in [-0.15, -0.1) is 0 Å². The third-order valence-corrected chi connectivity index (χ3v) is 4.63. The molecule has 0 radical (unpaired) electrons. The first-order valence-electron chi connectivity index (χ1n) is 7.01. The highest BCUT2D eigenvalue weighted by atomic mass is 32.2. The van der Waals surface area contributed by atoms with Gasteiger partial charge in [-0.25, -0.2) is 0 Å². The summed E-state index contributed by atoms with van der Waals surface area (Å²) in [4.78, 5) is 11.2. The Labute approximate surface area is 128 Å². The van der Waals surface area contributed by atoms with Crippen LogP contribution in [0.4, 0.5) is 0 Å². The van der Waals surface area contributed by atoms with Crippen LogP contribution >= 0.6 is 11.8 Å². The molecule has 1 aliphatic heterocycles. The number of thioether (sulfide) groups is 1. The predicted molar refractivity (Wildman–Crippen MR) is 83.4 cm³/mol. The van der Waals surface area contributed by atoms with Gasteiger partial charge in [-0.05, 0) is 42.0 Å². The highest BCUT2D eigenvalue weighted by Crippen LogP contribution is 2.33. The molecule has 21 heavy (non-hydrogen) atoms. The van der Waals surface area contributed by atoms with Gasteiger partial charge in [0.15, 0.2) is 11.5 Å². The third-order valence-electron chi connectivity index (χ3n) is 3.59. The van der Waals surface area contributed by atoms with Crippen molar-refractivity contribution in [3.8, 4) is 11.5 Å². The Kier molecular flexibility index (Phi) is 5.76. The minimum absolute atomic E-state index is 0.0567. The van der Waals surface area contributed by atoms with E-state index in [9.17, 15) is 9.90 Å². The lowest BCUT2D eigenvalue weighted by molar-refractivity contribution is -0.138. The summed E-state index contributed by atoms with van der Waals surface area (Å²) < 4.78 is 11.3. The molecule has 3 N–H and O–H groups in total. The summed E-state index contributed by atoms with van der Waals surface area (Å²) in [5.74, 6) is 1.76. The summed E-state index contributed by atoms with van der Waals surface area (Å²) in [6.45, 7) is 0.0567. The monoisotopic (exact) mass is 311 g/mol. The van der Waals surface area contributed by atoms with E-state index < -0.39 is 11.9 Å². The summed E-state index contributed by atoms with van der Waals surface area (Å²) in [7, 11) is 1.58. The standard InChI is InChI=1S/C15H21NO4S/c1-19-13-3-2-10(12(9-16)15(17)18)8-14(13)20-11-4-6-21-7-5-11/h2-3,8,11-12H,4-7,9,16H2,1H3,(H,17,18). The number of nitrogens with two attached hydrogens (primary N) is 1. The van der Waals surface area contributed by atoms with Crippen molar-refractivity contribution in [3.05, 3.63) is 23.8 Å². The van der Waals surface area contributed by atoms with Crippen molar-refractivity contribution in [2.24, 2.45) is 5.73 Å². The van der Waals surface area contributed by atoms with E-state index in [1.165, 1.54) is 0 Å². The Hall–Kier alpha value is -1.40. The third kappa shape index (κ3) is 4.04. The Morgan fingerprint density at radius 3 is 2.71 bits per heavy atom. The van der Waals surface area contributed by atoms with Gasteiger partial charge in [-0.3, -0.25) is 4.79 Å². The Morgan fingerprint density at radius 1 is 1.43 bits per heavy atom. The van der Waals surface area contributed by atoms with E-state index in [1.54, 1.807) is 25.3 Å². The van der Waals surface area contributed by atoms with Crippen LogP contribution < -0.4 is 15.2 Å². The van der Waals surface area contributed by atoms with E-state index in [0.717, 1.165) is 24.3 Å². The van der Waals surface area contributed by atoms with Gasteiger partial charge < -0.3 is 20.3 Å². The van der Waals surface area contributed by atoms with Gasteiger partial charge in [0.05, 0.1) is 13.0 Å². The predicted octanol–water partition coefficient (Wildman–Crippen LogP) is 2.10. The quantitative estimate of drug-likeness (QED) is 0.837. The molecule has 1 saturated heterocycles. The van der Waals surface area contributed by atoms with Crippen LogP contribution in [0.3, 0.4) is 0 Å². The number of carboxylic acids is 1. The van der Waals surface area contributed by atoms with Gasteiger partial charge in [0.25, 0.3) is 0 Å². The molecule has 1 atom stereocenters. The molecule has 5 nitrogen and oxygen atoms in total.